The normalized spacial score (nSPS) is 12.6. The summed E-state index contributed by atoms with van der Waals surface area (Å²) in [5, 5.41) is 0.982. The summed E-state index contributed by atoms with van der Waals surface area (Å²) in [5.41, 5.74) is 7.40. The van der Waals surface area contributed by atoms with Crippen LogP contribution in [0.15, 0.2) is 30.5 Å². The predicted octanol–water partition coefficient (Wildman–Crippen LogP) is 3.38. The number of rotatable bonds is 4. The first-order valence-electron chi connectivity index (χ1n) is 6.02. The molecule has 2 rings (SSSR count). The maximum absolute atomic E-state index is 5.93. The van der Waals surface area contributed by atoms with E-state index in [1.165, 1.54) is 0 Å². The molecule has 0 aliphatic rings. The number of nitrogen functional groups attached to an aromatic ring is 1. The largest absolute Gasteiger partial charge is 0.490 e. The average molecular weight is 230 g/mol. The number of nitrogens with zero attached hydrogens (tertiary/aromatic N) is 1. The Bertz CT molecular complexity index is 511. The molecule has 0 saturated carbocycles. The van der Waals surface area contributed by atoms with Crippen LogP contribution in [-0.4, -0.2) is 11.1 Å². The molecular weight excluding hydrogens is 212 g/mol. The summed E-state index contributed by atoms with van der Waals surface area (Å²) in [6.45, 7) is 4.24. The molecule has 2 aromatic rings. The third-order valence-electron chi connectivity index (χ3n) is 2.78. The van der Waals surface area contributed by atoms with Crippen molar-refractivity contribution >= 4 is 16.6 Å². The first kappa shape index (κ1) is 11.7. The van der Waals surface area contributed by atoms with E-state index in [4.69, 9.17) is 10.5 Å². The van der Waals surface area contributed by atoms with E-state index in [0.29, 0.717) is 5.69 Å². The van der Waals surface area contributed by atoms with Crippen LogP contribution in [0.1, 0.15) is 26.7 Å². The molecule has 1 atom stereocenters. The zero-order valence-electron chi connectivity index (χ0n) is 10.3. The van der Waals surface area contributed by atoms with Crippen LogP contribution in [0.3, 0.4) is 0 Å². The maximum Gasteiger partial charge on any atom is 0.129 e. The smallest absolute Gasteiger partial charge is 0.129 e. The van der Waals surface area contributed by atoms with Crippen molar-refractivity contribution in [3.8, 4) is 5.75 Å². The second-order valence-corrected chi connectivity index (χ2v) is 4.27. The third-order valence-corrected chi connectivity index (χ3v) is 2.78. The molecule has 0 fully saturated rings. The lowest BCUT2D eigenvalue weighted by Crippen LogP contribution is -2.11. The van der Waals surface area contributed by atoms with Crippen LogP contribution in [-0.2, 0) is 0 Å². The molecule has 0 spiro atoms. The van der Waals surface area contributed by atoms with Crippen LogP contribution < -0.4 is 10.5 Å². The fraction of sp³-hybridized carbons (Fsp3) is 0.357. The van der Waals surface area contributed by atoms with E-state index in [1.807, 2.05) is 24.3 Å². The third kappa shape index (κ3) is 2.49. The van der Waals surface area contributed by atoms with E-state index in [2.05, 4.69) is 18.8 Å². The number of benzene rings is 1. The van der Waals surface area contributed by atoms with Gasteiger partial charge in [0, 0.05) is 11.6 Å². The van der Waals surface area contributed by atoms with E-state index in [0.717, 1.165) is 29.5 Å². The van der Waals surface area contributed by atoms with Gasteiger partial charge in [0.05, 0.1) is 17.3 Å². The summed E-state index contributed by atoms with van der Waals surface area (Å²) in [6, 6.07) is 7.67. The van der Waals surface area contributed by atoms with Gasteiger partial charge in [0.2, 0.25) is 0 Å². The molecule has 0 aliphatic heterocycles. The Hall–Kier alpha value is -1.77. The highest BCUT2D eigenvalue weighted by atomic mass is 16.5. The Morgan fingerprint density at radius 2 is 2.18 bits per heavy atom. The van der Waals surface area contributed by atoms with Gasteiger partial charge in [-0.3, -0.25) is 4.98 Å². The Morgan fingerprint density at radius 3 is 2.94 bits per heavy atom. The minimum atomic E-state index is 0.215. The van der Waals surface area contributed by atoms with Gasteiger partial charge in [0.25, 0.3) is 0 Å². The van der Waals surface area contributed by atoms with E-state index >= 15 is 0 Å². The van der Waals surface area contributed by atoms with Crippen molar-refractivity contribution < 1.29 is 4.74 Å². The molecule has 0 amide bonds. The van der Waals surface area contributed by atoms with Crippen LogP contribution in [0.5, 0.6) is 5.75 Å². The summed E-state index contributed by atoms with van der Waals surface area (Å²) in [7, 11) is 0. The lowest BCUT2D eigenvalue weighted by atomic mass is 10.1. The highest BCUT2D eigenvalue weighted by Crippen LogP contribution is 2.29. The summed E-state index contributed by atoms with van der Waals surface area (Å²) in [6.07, 6.45) is 4.13. The zero-order valence-corrected chi connectivity index (χ0v) is 10.3. The van der Waals surface area contributed by atoms with E-state index < -0.39 is 0 Å². The Labute approximate surface area is 102 Å². The number of nitrogens with two attached hydrogens (primary N) is 1. The minimum Gasteiger partial charge on any atom is -0.490 e. The van der Waals surface area contributed by atoms with Crippen LogP contribution in [0.2, 0.25) is 0 Å². The fourth-order valence-electron chi connectivity index (χ4n) is 1.95. The fourth-order valence-corrected chi connectivity index (χ4v) is 1.95. The summed E-state index contributed by atoms with van der Waals surface area (Å²) in [5.74, 6) is 0.864. The molecular formula is C14H18N2O. The summed E-state index contributed by atoms with van der Waals surface area (Å²) in [4.78, 5) is 4.29. The first-order valence-corrected chi connectivity index (χ1v) is 6.02. The lowest BCUT2D eigenvalue weighted by Gasteiger charge is -2.15. The van der Waals surface area contributed by atoms with Crippen molar-refractivity contribution in [2.45, 2.75) is 32.8 Å². The van der Waals surface area contributed by atoms with Crippen molar-refractivity contribution in [1.82, 2.24) is 4.98 Å². The summed E-state index contributed by atoms with van der Waals surface area (Å²) >= 11 is 0. The summed E-state index contributed by atoms with van der Waals surface area (Å²) < 4.78 is 5.93. The monoisotopic (exact) mass is 230 g/mol. The quantitative estimate of drug-likeness (QED) is 0.819. The van der Waals surface area contributed by atoms with Gasteiger partial charge in [-0.2, -0.15) is 0 Å². The molecule has 90 valence electrons. The number of fused-ring (bicyclic) bond motifs is 1. The molecule has 0 saturated heterocycles. The molecule has 17 heavy (non-hydrogen) atoms. The van der Waals surface area contributed by atoms with Gasteiger partial charge in [0.1, 0.15) is 5.75 Å². The number of hydrogen-bond acceptors (Lipinski definition) is 3. The van der Waals surface area contributed by atoms with Gasteiger partial charge in [-0.1, -0.05) is 13.3 Å². The molecule has 1 unspecified atom stereocenters. The Morgan fingerprint density at radius 1 is 1.35 bits per heavy atom. The lowest BCUT2D eigenvalue weighted by molar-refractivity contribution is 0.212. The maximum atomic E-state index is 5.93. The highest BCUT2D eigenvalue weighted by Gasteiger charge is 2.08. The van der Waals surface area contributed by atoms with Crippen molar-refractivity contribution in [1.29, 1.82) is 0 Å². The zero-order chi connectivity index (χ0) is 12.3. The number of aromatic nitrogens is 1. The van der Waals surface area contributed by atoms with E-state index in [9.17, 15) is 0 Å². The predicted molar refractivity (Wildman–Crippen MR) is 71.2 cm³/mol. The average Bonchev–Trinajstić information content (AvgIpc) is 2.34. The van der Waals surface area contributed by atoms with Crippen LogP contribution in [0.4, 0.5) is 5.69 Å². The first-order chi connectivity index (χ1) is 8.22. The second kappa shape index (κ2) is 5.04. The van der Waals surface area contributed by atoms with Crippen molar-refractivity contribution in [3.63, 3.8) is 0 Å². The molecule has 3 nitrogen and oxygen atoms in total. The molecule has 1 aromatic heterocycles. The SMILES string of the molecule is CCCC(C)Oc1ccc(N)c2ncccc12. The molecule has 0 bridgehead atoms. The van der Waals surface area contributed by atoms with Crippen molar-refractivity contribution in [2.75, 3.05) is 5.73 Å². The van der Waals surface area contributed by atoms with E-state index in [1.54, 1.807) is 6.20 Å². The molecule has 1 aromatic carbocycles. The van der Waals surface area contributed by atoms with Gasteiger partial charge in [-0.25, -0.2) is 0 Å². The molecule has 1 heterocycles. The van der Waals surface area contributed by atoms with Gasteiger partial charge in [-0.15, -0.1) is 0 Å². The second-order valence-electron chi connectivity index (χ2n) is 4.27. The van der Waals surface area contributed by atoms with Crippen molar-refractivity contribution in [3.05, 3.63) is 30.5 Å². The highest BCUT2D eigenvalue weighted by molar-refractivity contribution is 5.93. The van der Waals surface area contributed by atoms with Gasteiger partial charge in [0.15, 0.2) is 0 Å². The topological polar surface area (TPSA) is 48.1 Å². The molecule has 0 aliphatic carbocycles. The number of pyridine rings is 1. The number of hydrogen-bond donors (Lipinski definition) is 1. The van der Waals surface area contributed by atoms with Gasteiger partial charge in [-0.05, 0) is 37.6 Å². The Kier molecular flexibility index (Phi) is 3.47. The molecule has 0 radical (unpaired) electrons. The van der Waals surface area contributed by atoms with Crippen LogP contribution in [0.25, 0.3) is 10.9 Å². The molecule has 3 heteroatoms. The minimum absolute atomic E-state index is 0.215. The molecule has 2 N–H and O–H groups in total. The standard InChI is InChI=1S/C14H18N2O/c1-3-5-10(2)17-13-8-7-12(15)14-11(13)6-4-9-16-14/h4,6-10H,3,5,15H2,1-2H3. The Balaban J connectivity index is 2.38. The number of anilines is 1. The number of ether oxygens (including phenoxy) is 1. The van der Waals surface area contributed by atoms with Crippen molar-refractivity contribution in [2.24, 2.45) is 0 Å². The van der Waals surface area contributed by atoms with Gasteiger partial charge < -0.3 is 10.5 Å². The van der Waals surface area contributed by atoms with Gasteiger partial charge >= 0.3 is 0 Å². The van der Waals surface area contributed by atoms with Crippen LogP contribution >= 0.6 is 0 Å². The van der Waals surface area contributed by atoms with E-state index in [-0.39, 0.29) is 6.10 Å². The van der Waals surface area contributed by atoms with Crippen LogP contribution in [0, 0.1) is 0 Å².